The van der Waals surface area contributed by atoms with Crippen LogP contribution in [0.2, 0.25) is 0 Å². The normalized spacial score (nSPS) is 18.8. The van der Waals surface area contributed by atoms with E-state index in [1.165, 1.54) is 0 Å². The van der Waals surface area contributed by atoms with Crippen LogP contribution in [0.15, 0.2) is 131 Å². The van der Waals surface area contributed by atoms with Gasteiger partial charge in [-0.25, -0.2) is 0 Å². The van der Waals surface area contributed by atoms with Crippen LogP contribution in [0.4, 0.5) is 11.4 Å². The predicted molar refractivity (Wildman–Crippen MR) is 153 cm³/mol. The van der Waals surface area contributed by atoms with Crippen molar-refractivity contribution in [2.24, 2.45) is 0 Å². The monoisotopic (exact) mass is 510 g/mol. The van der Waals surface area contributed by atoms with Crippen LogP contribution in [0.5, 0.6) is 0 Å². The van der Waals surface area contributed by atoms with Crippen molar-refractivity contribution in [3.8, 4) is 0 Å². The lowest BCUT2D eigenvalue weighted by atomic mass is 9.80. The maximum Gasteiger partial charge on any atom is 0.259 e. The lowest BCUT2D eigenvalue weighted by Gasteiger charge is -2.35. The first-order valence-corrected chi connectivity index (χ1v) is 13.2. The molecule has 1 aliphatic heterocycles. The third-order valence-corrected chi connectivity index (χ3v) is 7.79. The predicted octanol–water partition coefficient (Wildman–Crippen LogP) is 7.65. The van der Waals surface area contributed by atoms with Gasteiger partial charge in [-0.3, -0.25) is 14.5 Å². The van der Waals surface area contributed by atoms with E-state index in [1.807, 2.05) is 114 Å². The fourth-order valence-electron chi connectivity index (χ4n) is 6.03. The molecule has 5 nitrogen and oxygen atoms in total. The molecule has 1 amide bonds. The fraction of sp³-hybridized carbons (Fsp3) is 0.118. The number of allylic oxidation sites excluding steroid dienone is 1. The van der Waals surface area contributed by atoms with Crippen LogP contribution in [-0.4, -0.2) is 11.7 Å². The van der Waals surface area contributed by atoms with E-state index < -0.39 is 6.04 Å². The Morgan fingerprint density at radius 2 is 1.56 bits per heavy atom. The Balaban J connectivity index is 1.46. The number of carbonyl (C=O) groups is 2. The third-order valence-electron chi connectivity index (χ3n) is 7.79. The maximum atomic E-state index is 14.7. The zero-order valence-corrected chi connectivity index (χ0v) is 21.2. The average Bonchev–Trinajstić information content (AvgIpc) is 3.47. The topological polar surface area (TPSA) is 62.6 Å². The minimum Gasteiger partial charge on any atom is -0.469 e. The van der Waals surface area contributed by atoms with Gasteiger partial charge >= 0.3 is 0 Å². The van der Waals surface area contributed by atoms with E-state index >= 15 is 0 Å². The van der Waals surface area contributed by atoms with Crippen LogP contribution in [0.1, 0.15) is 46.5 Å². The van der Waals surface area contributed by atoms with Crippen LogP contribution in [0.25, 0.3) is 10.8 Å². The molecule has 0 bridgehead atoms. The summed E-state index contributed by atoms with van der Waals surface area (Å²) < 4.78 is 5.70. The molecule has 190 valence electrons. The number of benzene rings is 4. The molecule has 0 fully saturated rings. The van der Waals surface area contributed by atoms with Crippen LogP contribution in [0, 0.1) is 0 Å². The number of hydrogen-bond acceptors (Lipinski definition) is 4. The number of carbonyl (C=O) groups excluding carboxylic acids is 2. The number of anilines is 2. The number of nitrogens with zero attached hydrogens (tertiary/aromatic N) is 1. The molecule has 4 aromatic carbocycles. The highest BCUT2D eigenvalue weighted by Crippen LogP contribution is 2.48. The zero-order valence-electron chi connectivity index (χ0n) is 21.2. The number of rotatable bonds is 3. The fourth-order valence-corrected chi connectivity index (χ4v) is 6.03. The lowest BCUT2D eigenvalue weighted by Crippen LogP contribution is -2.38. The number of furan rings is 1. The van der Waals surface area contributed by atoms with Gasteiger partial charge in [0.05, 0.1) is 23.7 Å². The highest BCUT2D eigenvalue weighted by molar-refractivity contribution is 6.17. The van der Waals surface area contributed by atoms with Gasteiger partial charge in [0.25, 0.3) is 5.91 Å². The van der Waals surface area contributed by atoms with E-state index in [0.717, 1.165) is 39.2 Å². The van der Waals surface area contributed by atoms with Crippen LogP contribution >= 0.6 is 0 Å². The third kappa shape index (κ3) is 3.94. The molecule has 7 rings (SSSR count). The molecule has 5 heteroatoms. The molecular formula is C34H26N2O3. The summed E-state index contributed by atoms with van der Waals surface area (Å²) in [5.74, 6) is 0.601. The highest BCUT2D eigenvalue weighted by atomic mass is 16.3. The van der Waals surface area contributed by atoms with Crippen molar-refractivity contribution < 1.29 is 14.0 Å². The Hall–Kier alpha value is -4.90. The summed E-state index contributed by atoms with van der Waals surface area (Å²) in [5, 5.41) is 5.46. The second-order valence-corrected chi connectivity index (χ2v) is 10.1. The maximum absolute atomic E-state index is 14.7. The first-order chi connectivity index (χ1) is 19.2. The summed E-state index contributed by atoms with van der Waals surface area (Å²) in [6, 6.07) is 34.6. The van der Waals surface area contributed by atoms with Gasteiger partial charge in [0.15, 0.2) is 5.78 Å². The summed E-state index contributed by atoms with van der Waals surface area (Å²) >= 11 is 0. The summed E-state index contributed by atoms with van der Waals surface area (Å²) in [6.07, 6.45) is 2.59. The molecule has 0 unspecified atom stereocenters. The van der Waals surface area contributed by atoms with E-state index in [-0.39, 0.29) is 17.6 Å². The molecule has 0 saturated heterocycles. The highest BCUT2D eigenvalue weighted by Gasteiger charge is 2.42. The molecule has 1 aliphatic carbocycles. The Kier molecular flexibility index (Phi) is 5.63. The molecule has 39 heavy (non-hydrogen) atoms. The number of Topliss-reactive ketones (excluding diaryl/α,β-unsaturated/α-hetero) is 1. The molecular weight excluding hydrogens is 484 g/mol. The van der Waals surface area contributed by atoms with E-state index in [9.17, 15) is 9.59 Å². The van der Waals surface area contributed by atoms with Crippen molar-refractivity contribution in [2.75, 3.05) is 10.2 Å². The van der Waals surface area contributed by atoms with Crippen molar-refractivity contribution in [1.82, 2.24) is 0 Å². The number of fused-ring (bicyclic) bond motifs is 2. The van der Waals surface area contributed by atoms with Gasteiger partial charge in [0, 0.05) is 29.2 Å². The van der Waals surface area contributed by atoms with Crippen LogP contribution in [0.3, 0.4) is 0 Å². The Labute approximate surface area is 226 Å². The van der Waals surface area contributed by atoms with Gasteiger partial charge in [0.2, 0.25) is 0 Å². The largest absolute Gasteiger partial charge is 0.469 e. The first kappa shape index (κ1) is 23.2. The molecule has 2 aliphatic rings. The molecule has 1 N–H and O–H groups in total. The Morgan fingerprint density at radius 1 is 0.795 bits per heavy atom. The number of para-hydroxylation sites is 2. The Morgan fingerprint density at radius 3 is 2.41 bits per heavy atom. The second-order valence-electron chi connectivity index (χ2n) is 10.1. The minimum atomic E-state index is -0.589. The molecule has 5 aromatic rings. The van der Waals surface area contributed by atoms with E-state index in [1.54, 1.807) is 6.26 Å². The van der Waals surface area contributed by atoms with Gasteiger partial charge in [-0.05, 0) is 53.1 Å². The molecule has 2 atom stereocenters. The second kappa shape index (κ2) is 9.44. The molecule has 0 spiro atoms. The molecule has 1 aromatic heterocycles. The smallest absolute Gasteiger partial charge is 0.259 e. The van der Waals surface area contributed by atoms with Gasteiger partial charge in [-0.2, -0.15) is 0 Å². The van der Waals surface area contributed by atoms with Gasteiger partial charge < -0.3 is 9.73 Å². The minimum absolute atomic E-state index is 0.0162. The molecule has 0 saturated carbocycles. The summed E-state index contributed by atoms with van der Waals surface area (Å²) in [7, 11) is 0. The summed E-state index contributed by atoms with van der Waals surface area (Å²) in [6.45, 7) is 0. The average molecular weight is 511 g/mol. The zero-order chi connectivity index (χ0) is 26.3. The van der Waals surface area contributed by atoms with E-state index in [2.05, 4.69) is 5.32 Å². The van der Waals surface area contributed by atoms with Crippen LogP contribution < -0.4 is 10.2 Å². The molecule has 0 radical (unpaired) electrons. The van der Waals surface area contributed by atoms with Crippen LogP contribution in [-0.2, 0) is 4.79 Å². The first-order valence-electron chi connectivity index (χ1n) is 13.2. The Bertz CT molecular complexity index is 1730. The standard InChI is InChI=1S/C34H26N2O3/c37-30-21-24(31-18-9-19-39-31)20-28-32(30)33(23-11-2-1-3-12-23)36(29-17-7-6-16-27(29)35-28)34(38)26-15-8-13-22-10-4-5-14-25(22)26/h1-19,24,33,35H,20-21H2/t24-,33+/m0/s1. The molecule has 2 heterocycles. The van der Waals surface area contributed by atoms with Gasteiger partial charge in [-0.1, -0.05) is 78.9 Å². The van der Waals surface area contributed by atoms with Gasteiger partial charge in [-0.15, -0.1) is 0 Å². The van der Waals surface area contributed by atoms with Gasteiger partial charge in [0.1, 0.15) is 5.76 Å². The number of amides is 1. The van der Waals surface area contributed by atoms with Crippen molar-refractivity contribution in [1.29, 1.82) is 0 Å². The summed E-state index contributed by atoms with van der Waals surface area (Å²) in [5.41, 5.74) is 4.49. The van der Waals surface area contributed by atoms with Crippen molar-refractivity contribution in [3.05, 3.63) is 144 Å². The van der Waals surface area contributed by atoms with E-state index in [0.29, 0.717) is 24.0 Å². The summed E-state index contributed by atoms with van der Waals surface area (Å²) in [4.78, 5) is 30.6. The SMILES string of the molecule is O=C1C[C@@H](c2ccco2)CC2=C1[C@@H](c1ccccc1)N(C(=O)c1cccc3ccccc13)c1ccccc1N2. The van der Waals surface area contributed by atoms with Crippen molar-refractivity contribution >= 4 is 33.8 Å². The van der Waals surface area contributed by atoms with Crippen molar-refractivity contribution in [3.63, 3.8) is 0 Å². The van der Waals surface area contributed by atoms with E-state index in [4.69, 9.17) is 4.42 Å². The lowest BCUT2D eigenvalue weighted by molar-refractivity contribution is -0.116. The number of ketones is 1. The quantitative estimate of drug-likeness (QED) is 0.271. The number of hydrogen-bond donors (Lipinski definition) is 1. The number of nitrogens with one attached hydrogen (secondary N) is 1. The van der Waals surface area contributed by atoms with Crippen molar-refractivity contribution in [2.45, 2.75) is 24.8 Å².